The number of rotatable bonds is 4. The number of ether oxygens (including phenoxy) is 2. The lowest BCUT2D eigenvalue weighted by Gasteiger charge is -2.17. The van der Waals surface area contributed by atoms with Crippen LogP contribution in [0, 0.1) is 5.82 Å². The standard InChI is InChI=1S/C12H16FNO5S/c1-12(2)18-10(7-17-20(14,15)16)11(19-12)8-5-3-4-6-9(8)13/h3-6,10-11H,7H2,1-2H3,(H2,14,15,16)/t10-,11-/m0/s1. The first-order valence-corrected chi connectivity index (χ1v) is 7.42. The molecule has 1 aliphatic rings. The van der Waals surface area contributed by atoms with E-state index in [-0.39, 0.29) is 12.2 Å². The third-order valence-electron chi connectivity index (χ3n) is 2.79. The molecule has 0 bridgehead atoms. The third kappa shape index (κ3) is 3.74. The zero-order valence-electron chi connectivity index (χ0n) is 11.1. The molecule has 0 aliphatic carbocycles. The molecule has 0 amide bonds. The van der Waals surface area contributed by atoms with Gasteiger partial charge in [0.1, 0.15) is 18.0 Å². The molecule has 1 aromatic rings. The van der Waals surface area contributed by atoms with E-state index in [2.05, 4.69) is 4.18 Å². The minimum Gasteiger partial charge on any atom is -0.342 e. The Balaban J connectivity index is 2.23. The summed E-state index contributed by atoms with van der Waals surface area (Å²) in [5.41, 5.74) is 0.279. The molecule has 0 aromatic heterocycles. The second-order valence-corrected chi connectivity index (χ2v) is 6.11. The Morgan fingerprint density at radius 2 is 2.00 bits per heavy atom. The van der Waals surface area contributed by atoms with Gasteiger partial charge in [-0.3, -0.25) is 4.18 Å². The average Bonchev–Trinajstić information content (AvgIpc) is 2.62. The molecule has 2 rings (SSSR count). The number of halogens is 1. The summed E-state index contributed by atoms with van der Waals surface area (Å²) in [6.45, 7) is 2.96. The molecule has 0 saturated carbocycles. The van der Waals surface area contributed by atoms with Crippen LogP contribution in [0.2, 0.25) is 0 Å². The van der Waals surface area contributed by atoms with Crippen LogP contribution in [0.5, 0.6) is 0 Å². The maximum Gasteiger partial charge on any atom is 0.333 e. The van der Waals surface area contributed by atoms with Crippen molar-refractivity contribution in [3.8, 4) is 0 Å². The summed E-state index contributed by atoms with van der Waals surface area (Å²) in [4.78, 5) is 0. The SMILES string of the molecule is CC1(C)O[C@@H](COS(N)(=O)=O)[C@H](c2ccccc2F)O1. The highest BCUT2D eigenvalue weighted by Gasteiger charge is 2.43. The van der Waals surface area contributed by atoms with Gasteiger partial charge in [-0.1, -0.05) is 18.2 Å². The predicted octanol–water partition coefficient (Wildman–Crippen LogP) is 1.24. The Bertz CT molecular complexity index is 589. The lowest BCUT2D eigenvalue weighted by Crippen LogP contribution is -2.28. The first-order chi connectivity index (χ1) is 9.18. The van der Waals surface area contributed by atoms with E-state index in [1.165, 1.54) is 6.07 Å². The molecule has 0 spiro atoms. The minimum absolute atomic E-state index is 0.279. The molecule has 20 heavy (non-hydrogen) atoms. The van der Waals surface area contributed by atoms with Crippen LogP contribution in [0.3, 0.4) is 0 Å². The number of nitrogens with two attached hydrogens (primary N) is 1. The molecule has 2 atom stereocenters. The van der Waals surface area contributed by atoms with Crippen molar-refractivity contribution in [2.75, 3.05) is 6.61 Å². The lowest BCUT2D eigenvalue weighted by atomic mass is 10.0. The van der Waals surface area contributed by atoms with Crippen molar-refractivity contribution in [3.05, 3.63) is 35.6 Å². The molecule has 8 heteroatoms. The zero-order valence-corrected chi connectivity index (χ0v) is 11.9. The van der Waals surface area contributed by atoms with Crippen LogP contribution < -0.4 is 5.14 Å². The summed E-state index contributed by atoms with van der Waals surface area (Å²) in [6.07, 6.45) is -1.55. The minimum atomic E-state index is -4.09. The second-order valence-electron chi connectivity index (χ2n) is 4.89. The highest BCUT2D eigenvalue weighted by molar-refractivity contribution is 7.84. The van der Waals surface area contributed by atoms with E-state index in [4.69, 9.17) is 14.6 Å². The number of hydrogen-bond acceptors (Lipinski definition) is 5. The van der Waals surface area contributed by atoms with Gasteiger partial charge in [0.05, 0.1) is 6.61 Å². The van der Waals surface area contributed by atoms with Crippen molar-refractivity contribution in [3.63, 3.8) is 0 Å². The topological polar surface area (TPSA) is 87.9 Å². The van der Waals surface area contributed by atoms with Gasteiger partial charge in [-0.15, -0.1) is 0 Å². The van der Waals surface area contributed by atoms with Gasteiger partial charge in [0, 0.05) is 5.56 Å². The summed E-state index contributed by atoms with van der Waals surface area (Å²) in [5.74, 6) is -1.43. The van der Waals surface area contributed by atoms with E-state index < -0.39 is 34.1 Å². The third-order valence-corrected chi connectivity index (χ3v) is 3.26. The molecule has 0 radical (unpaired) electrons. The molecule has 1 fully saturated rings. The summed E-state index contributed by atoms with van der Waals surface area (Å²) in [5, 5.41) is 4.77. The van der Waals surface area contributed by atoms with Crippen LogP contribution in [0.4, 0.5) is 4.39 Å². The average molecular weight is 305 g/mol. The maximum atomic E-state index is 13.8. The van der Waals surface area contributed by atoms with E-state index in [0.717, 1.165) is 0 Å². The van der Waals surface area contributed by atoms with Gasteiger partial charge < -0.3 is 9.47 Å². The van der Waals surface area contributed by atoms with Gasteiger partial charge in [-0.25, -0.2) is 9.53 Å². The Morgan fingerprint density at radius 3 is 2.60 bits per heavy atom. The Kier molecular flexibility index (Phi) is 4.12. The van der Waals surface area contributed by atoms with Gasteiger partial charge in [0.25, 0.3) is 0 Å². The Hall–Kier alpha value is -1.06. The highest BCUT2D eigenvalue weighted by Crippen LogP contribution is 2.39. The Labute approximate surface area is 116 Å². The molecular weight excluding hydrogens is 289 g/mol. The summed E-state index contributed by atoms with van der Waals surface area (Å²) >= 11 is 0. The van der Waals surface area contributed by atoms with Crippen LogP contribution >= 0.6 is 0 Å². The fraction of sp³-hybridized carbons (Fsp3) is 0.500. The van der Waals surface area contributed by atoms with E-state index in [1.807, 2.05) is 0 Å². The lowest BCUT2D eigenvalue weighted by molar-refractivity contribution is -0.149. The summed E-state index contributed by atoms with van der Waals surface area (Å²) in [7, 11) is -4.09. The van der Waals surface area contributed by atoms with Crippen molar-refractivity contribution in [2.45, 2.75) is 31.8 Å². The molecule has 1 aliphatic heterocycles. The molecule has 0 unspecified atom stereocenters. The van der Waals surface area contributed by atoms with Crippen molar-refractivity contribution < 1.29 is 26.5 Å². The fourth-order valence-electron chi connectivity index (χ4n) is 2.09. The first-order valence-electron chi connectivity index (χ1n) is 5.95. The number of hydrogen-bond donors (Lipinski definition) is 1. The zero-order chi connectivity index (χ0) is 15.0. The molecule has 112 valence electrons. The largest absolute Gasteiger partial charge is 0.342 e. The van der Waals surface area contributed by atoms with Crippen molar-refractivity contribution in [1.82, 2.24) is 0 Å². The second kappa shape index (κ2) is 5.38. The predicted molar refractivity (Wildman–Crippen MR) is 68.2 cm³/mol. The smallest absolute Gasteiger partial charge is 0.333 e. The normalized spacial score (nSPS) is 25.8. The molecule has 1 aromatic carbocycles. The van der Waals surface area contributed by atoms with Gasteiger partial charge in [0.2, 0.25) is 0 Å². The summed E-state index contributed by atoms with van der Waals surface area (Å²) < 4.78 is 51.2. The van der Waals surface area contributed by atoms with Gasteiger partial charge in [0.15, 0.2) is 5.79 Å². The van der Waals surface area contributed by atoms with Gasteiger partial charge >= 0.3 is 10.3 Å². The van der Waals surface area contributed by atoms with Crippen molar-refractivity contribution in [2.24, 2.45) is 5.14 Å². The van der Waals surface area contributed by atoms with E-state index in [0.29, 0.717) is 0 Å². The van der Waals surface area contributed by atoms with E-state index in [9.17, 15) is 12.8 Å². The molecule has 1 saturated heterocycles. The van der Waals surface area contributed by atoms with Crippen LogP contribution in [0.1, 0.15) is 25.5 Å². The molecule has 2 N–H and O–H groups in total. The number of benzene rings is 1. The van der Waals surface area contributed by atoms with Crippen LogP contribution in [0.25, 0.3) is 0 Å². The maximum absolute atomic E-state index is 13.8. The summed E-state index contributed by atoms with van der Waals surface area (Å²) in [6, 6.07) is 6.05. The Morgan fingerprint density at radius 1 is 1.35 bits per heavy atom. The van der Waals surface area contributed by atoms with Crippen molar-refractivity contribution >= 4 is 10.3 Å². The van der Waals surface area contributed by atoms with E-state index in [1.54, 1.807) is 32.0 Å². The monoisotopic (exact) mass is 305 g/mol. The molecule has 6 nitrogen and oxygen atoms in total. The highest BCUT2D eigenvalue weighted by atomic mass is 32.2. The van der Waals surface area contributed by atoms with Crippen LogP contribution in [-0.4, -0.2) is 26.9 Å². The van der Waals surface area contributed by atoms with E-state index >= 15 is 0 Å². The van der Waals surface area contributed by atoms with Gasteiger partial charge in [-0.2, -0.15) is 8.42 Å². The van der Waals surface area contributed by atoms with Crippen molar-refractivity contribution in [1.29, 1.82) is 0 Å². The van der Waals surface area contributed by atoms with Gasteiger partial charge in [-0.05, 0) is 19.9 Å². The fourth-order valence-corrected chi connectivity index (χ4v) is 2.41. The van der Waals surface area contributed by atoms with Crippen LogP contribution in [-0.2, 0) is 24.0 Å². The quantitative estimate of drug-likeness (QED) is 0.904. The van der Waals surface area contributed by atoms with Crippen LogP contribution in [0.15, 0.2) is 24.3 Å². The first kappa shape index (κ1) is 15.3. The molecule has 1 heterocycles. The molecular formula is C12H16FNO5S.